The van der Waals surface area contributed by atoms with Gasteiger partial charge >= 0.3 is 0 Å². The molecule has 5 nitrogen and oxygen atoms in total. The summed E-state index contributed by atoms with van der Waals surface area (Å²) in [6.07, 6.45) is 7.78. The molecule has 0 aliphatic heterocycles. The normalized spacial score (nSPS) is 14.2. The molecule has 2 aromatic heterocycles. The summed E-state index contributed by atoms with van der Waals surface area (Å²) in [7, 11) is 3.80. The van der Waals surface area contributed by atoms with Crippen LogP contribution in [0.3, 0.4) is 0 Å². The molecule has 100 valence electrons. The lowest BCUT2D eigenvalue weighted by Gasteiger charge is -2.09. The number of aromatic nitrogens is 2. The van der Waals surface area contributed by atoms with Crippen LogP contribution in [0.2, 0.25) is 0 Å². The summed E-state index contributed by atoms with van der Waals surface area (Å²) in [4.78, 5) is 19.1. The minimum absolute atomic E-state index is 0.00231. The van der Waals surface area contributed by atoms with Crippen LogP contribution in [0.1, 0.15) is 23.3 Å². The molecule has 0 radical (unpaired) electrons. The number of thiophene rings is 1. The van der Waals surface area contributed by atoms with Gasteiger partial charge in [0.25, 0.3) is 11.9 Å². The van der Waals surface area contributed by atoms with E-state index in [1.807, 2.05) is 18.7 Å². The molecule has 2 heterocycles. The van der Waals surface area contributed by atoms with E-state index in [-0.39, 0.29) is 5.56 Å². The number of rotatable bonds is 2. The zero-order valence-electron chi connectivity index (χ0n) is 11.1. The molecule has 0 bridgehead atoms. The van der Waals surface area contributed by atoms with E-state index in [4.69, 9.17) is 0 Å². The van der Waals surface area contributed by atoms with Crippen molar-refractivity contribution in [2.75, 3.05) is 19.5 Å². The van der Waals surface area contributed by atoms with Gasteiger partial charge in [-0.15, -0.1) is 16.0 Å². The van der Waals surface area contributed by atoms with Crippen molar-refractivity contribution in [1.82, 2.24) is 9.66 Å². The van der Waals surface area contributed by atoms with Gasteiger partial charge in [0.05, 0.1) is 19.5 Å². The number of hydrogen-bond donors (Lipinski definition) is 1. The molecular formula is C13H17N4OS+. The van der Waals surface area contributed by atoms with E-state index in [1.165, 1.54) is 28.0 Å². The third kappa shape index (κ3) is 2.16. The Morgan fingerprint density at radius 1 is 1.42 bits per heavy atom. The van der Waals surface area contributed by atoms with Crippen LogP contribution in [0.25, 0.3) is 10.2 Å². The first kappa shape index (κ1) is 12.3. The van der Waals surface area contributed by atoms with Gasteiger partial charge in [-0.25, -0.2) is 4.98 Å². The third-order valence-corrected chi connectivity index (χ3v) is 4.53. The van der Waals surface area contributed by atoms with Crippen molar-refractivity contribution in [3.8, 4) is 0 Å². The topological polar surface area (TPSA) is 49.9 Å². The van der Waals surface area contributed by atoms with Crippen molar-refractivity contribution in [3.63, 3.8) is 0 Å². The number of nitrogens with one attached hydrogen (secondary N) is 1. The van der Waals surface area contributed by atoms with Crippen LogP contribution in [0.5, 0.6) is 0 Å². The highest BCUT2D eigenvalue weighted by atomic mass is 32.1. The summed E-state index contributed by atoms with van der Waals surface area (Å²) in [6.45, 7) is 0. The van der Waals surface area contributed by atoms with E-state index in [0.29, 0.717) is 0 Å². The summed E-state index contributed by atoms with van der Waals surface area (Å²) in [5.41, 5.74) is 4.18. The maximum absolute atomic E-state index is 12.5. The Morgan fingerprint density at radius 2 is 2.21 bits per heavy atom. The summed E-state index contributed by atoms with van der Waals surface area (Å²) in [5.74, 6) is 0. The Bertz CT molecular complexity index is 709. The summed E-state index contributed by atoms with van der Waals surface area (Å²) in [5, 5.41) is 0.807. The standard InChI is InChI=1S/C13H16N4OS/c1-16(2)8-15-17-7-14-12-11(13(17)18)9-5-3-4-6-10(9)19-12/h7-8H,3-6H2,1-2H3/p+1. The van der Waals surface area contributed by atoms with Crippen LogP contribution in [-0.4, -0.2) is 34.7 Å². The maximum Gasteiger partial charge on any atom is 0.297 e. The predicted octanol–water partition coefficient (Wildman–Crippen LogP) is 1.18. The zero-order valence-corrected chi connectivity index (χ0v) is 12.0. The lowest BCUT2D eigenvalue weighted by atomic mass is 9.97. The molecule has 0 unspecified atom stereocenters. The first-order chi connectivity index (χ1) is 9.16. The average molecular weight is 277 g/mol. The summed E-state index contributed by atoms with van der Waals surface area (Å²) >= 11 is 1.67. The summed E-state index contributed by atoms with van der Waals surface area (Å²) < 4.78 is 3.30. The number of aryl methyl sites for hydroxylation is 2. The van der Waals surface area contributed by atoms with Crippen LogP contribution in [0.4, 0.5) is 0 Å². The first-order valence-electron chi connectivity index (χ1n) is 6.45. The molecule has 1 aliphatic rings. The van der Waals surface area contributed by atoms with Gasteiger partial charge in [-0.1, -0.05) is 0 Å². The number of nitrogens with zero attached hydrogens (tertiary/aromatic N) is 3. The van der Waals surface area contributed by atoms with Crippen LogP contribution < -0.4 is 11.0 Å². The molecule has 0 amide bonds. The van der Waals surface area contributed by atoms with Crippen LogP contribution in [0, 0.1) is 0 Å². The molecule has 0 atom stereocenters. The molecule has 0 saturated heterocycles. The molecule has 6 heteroatoms. The Morgan fingerprint density at radius 3 is 3.00 bits per heavy atom. The lowest BCUT2D eigenvalue weighted by Crippen LogP contribution is -2.30. The Kier molecular flexibility index (Phi) is 3.10. The van der Waals surface area contributed by atoms with Crippen molar-refractivity contribution in [2.45, 2.75) is 25.7 Å². The summed E-state index contributed by atoms with van der Waals surface area (Å²) in [6, 6.07) is 0. The van der Waals surface area contributed by atoms with Crippen molar-refractivity contribution in [2.24, 2.45) is 0 Å². The van der Waals surface area contributed by atoms with E-state index < -0.39 is 0 Å². The minimum Gasteiger partial charge on any atom is -0.272 e. The fraction of sp³-hybridized carbons (Fsp3) is 0.462. The van der Waals surface area contributed by atoms with Gasteiger partial charge in [-0.2, -0.15) is 5.43 Å². The van der Waals surface area contributed by atoms with Crippen LogP contribution >= 0.6 is 11.3 Å². The minimum atomic E-state index is 0.00231. The van der Waals surface area contributed by atoms with Crippen LogP contribution in [0.15, 0.2) is 11.1 Å². The largest absolute Gasteiger partial charge is 0.297 e. The van der Waals surface area contributed by atoms with Crippen LogP contribution in [-0.2, 0) is 12.8 Å². The molecule has 0 saturated carbocycles. The van der Waals surface area contributed by atoms with Crippen molar-refractivity contribution in [1.29, 1.82) is 0 Å². The second-order valence-corrected chi connectivity index (χ2v) is 6.12. The van der Waals surface area contributed by atoms with Gasteiger partial charge in [0.15, 0.2) is 0 Å². The smallest absolute Gasteiger partial charge is 0.272 e. The van der Waals surface area contributed by atoms with E-state index in [0.717, 1.165) is 23.1 Å². The number of hydrogen-bond acceptors (Lipinski definition) is 3. The zero-order chi connectivity index (χ0) is 13.4. The highest BCUT2D eigenvalue weighted by molar-refractivity contribution is 7.18. The molecule has 1 aliphatic carbocycles. The second-order valence-electron chi connectivity index (χ2n) is 5.03. The first-order valence-corrected chi connectivity index (χ1v) is 7.26. The molecule has 19 heavy (non-hydrogen) atoms. The highest BCUT2D eigenvalue weighted by Crippen LogP contribution is 2.33. The van der Waals surface area contributed by atoms with Crippen molar-refractivity contribution >= 4 is 27.9 Å². The molecular weight excluding hydrogens is 260 g/mol. The molecule has 0 spiro atoms. The molecule has 0 fully saturated rings. The van der Waals surface area contributed by atoms with Crippen molar-refractivity contribution in [3.05, 3.63) is 27.1 Å². The van der Waals surface area contributed by atoms with Crippen molar-refractivity contribution < 1.29 is 4.58 Å². The maximum atomic E-state index is 12.5. The Balaban J connectivity index is 2.15. The van der Waals surface area contributed by atoms with E-state index in [2.05, 4.69) is 10.4 Å². The SMILES string of the molecule is C[N+](C)=CNn1cnc2sc3c(c2c1=O)CCCC3. The fourth-order valence-corrected chi connectivity index (χ4v) is 3.64. The molecule has 2 aromatic rings. The average Bonchev–Trinajstić information content (AvgIpc) is 2.76. The highest BCUT2D eigenvalue weighted by Gasteiger charge is 2.20. The lowest BCUT2D eigenvalue weighted by molar-refractivity contribution is -0.459. The Hall–Kier alpha value is -1.69. The van der Waals surface area contributed by atoms with E-state index in [1.54, 1.807) is 24.0 Å². The molecule has 0 aromatic carbocycles. The van der Waals surface area contributed by atoms with Gasteiger partial charge < -0.3 is 0 Å². The quantitative estimate of drug-likeness (QED) is 0.509. The monoisotopic (exact) mass is 277 g/mol. The van der Waals surface area contributed by atoms with Gasteiger partial charge in [-0.3, -0.25) is 9.37 Å². The molecule has 1 N–H and O–H groups in total. The number of fused-ring (bicyclic) bond motifs is 3. The van der Waals surface area contributed by atoms with Gasteiger partial charge in [0, 0.05) is 4.88 Å². The van der Waals surface area contributed by atoms with Gasteiger partial charge in [0.1, 0.15) is 11.2 Å². The fourth-order valence-electron chi connectivity index (χ4n) is 2.42. The van der Waals surface area contributed by atoms with Gasteiger partial charge in [0.2, 0.25) is 0 Å². The molecule has 3 rings (SSSR count). The van der Waals surface area contributed by atoms with E-state index >= 15 is 0 Å². The second kappa shape index (κ2) is 4.77. The predicted molar refractivity (Wildman–Crippen MR) is 78.1 cm³/mol. The van der Waals surface area contributed by atoms with Gasteiger partial charge in [-0.05, 0) is 31.2 Å². The Labute approximate surface area is 115 Å². The van der Waals surface area contributed by atoms with E-state index in [9.17, 15) is 4.79 Å². The third-order valence-electron chi connectivity index (χ3n) is 3.33.